The van der Waals surface area contributed by atoms with E-state index < -0.39 is 5.54 Å². The zero-order valence-electron chi connectivity index (χ0n) is 12.5. The summed E-state index contributed by atoms with van der Waals surface area (Å²) in [5.41, 5.74) is 1.86. The molecule has 1 unspecified atom stereocenters. The Balaban J connectivity index is 2.17. The molecule has 0 radical (unpaired) electrons. The van der Waals surface area contributed by atoms with Crippen LogP contribution < -0.4 is 0 Å². The molecule has 0 amide bonds. The van der Waals surface area contributed by atoms with Crippen LogP contribution in [-0.2, 0) is 10.3 Å². The van der Waals surface area contributed by atoms with Gasteiger partial charge in [0, 0.05) is 12.0 Å². The molecule has 1 aromatic rings. The van der Waals surface area contributed by atoms with Crippen molar-refractivity contribution in [2.24, 2.45) is 15.6 Å². The van der Waals surface area contributed by atoms with Crippen molar-refractivity contribution in [2.75, 3.05) is 0 Å². The van der Waals surface area contributed by atoms with Crippen molar-refractivity contribution < 1.29 is 4.79 Å². The van der Waals surface area contributed by atoms with Crippen LogP contribution in [-0.4, -0.2) is 5.78 Å². The van der Waals surface area contributed by atoms with Crippen LogP contribution in [0.2, 0.25) is 0 Å². The summed E-state index contributed by atoms with van der Waals surface area (Å²) in [7, 11) is 0. The molecule has 1 atom stereocenters. The Labute approximate surface area is 124 Å². The monoisotopic (exact) mass is 279 g/mol. The topological polar surface area (TPSA) is 65.6 Å². The fourth-order valence-electron chi connectivity index (χ4n) is 3.33. The molecule has 0 bridgehead atoms. The second kappa shape index (κ2) is 4.36. The van der Waals surface area contributed by atoms with Crippen LogP contribution in [0, 0.1) is 16.7 Å². The maximum Gasteiger partial charge on any atom is 0.164 e. The van der Waals surface area contributed by atoms with E-state index in [0.29, 0.717) is 17.6 Å². The van der Waals surface area contributed by atoms with Gasteiger partial charge in [-0.05, 0) is 24.8 Å². The van der Waals surface area contributed by atoms with Crippen molar-refractivity contribution >= 4 is 5.78 Å². The summed E-state index contributed by atoms with van der Waals surface area (Å²) in [6.45, 7) is 6.03. The number of hydrogen-bond acceptors (Lipinski definition) is 4. The Hall–Kier alpha value is -2.28. The highest BCUT2D eigenvalue weighted by atomic mass is 16.1. The number of benzene rings is 1. The van der Waals surface area contributed by atoms with E-state index in [9.17, 15) is 10.1 Å². The van der Waals surface area contributed by atoms with Crippen molar-refractivity contribution in [2.45, 2.75) is 39.2 Å². The van der Waals surface area contributed by atoms with Crippen LogP contribution in [0.3, 0.4) is 0 Å². The summed E-state index contributed by atoms with van der Waals surface area (Å²) in [6, 6.07) is 9.49. The second-order valence-corrected chi connectivity index (χ2v) is 6.69. The first-order valence-electron chi connectivity index (χ1n) is 7.07. The van der Waals surface area contributed by atoms with Crippen LogP contribution >= 0.6 is 0 Å². The summed E-state index contributed by atoms with van der Waals surface area (Å²) in [5, 5.41) is 18.0. The molecule has 2 aliphatic rings. The smallest absolute Gasteiger partial charge is 0.164 e. The fraction of sp³-hybridized carbons (Fsp3) is 0.412. The van der Waals surface area contributed by atoms with E-state index in [1.807, 2.05) is 25.1 Å². The lowest BCUT2D eigenvalue weighted by Crippen LogP contribution is -2.33. The fourth-order valence-corrected chi connectivity index (χ4v) is 3.33. The van der Waals surface area contributed by atoms with Crippen molar-refractivity contribution in [1.29, 1.82) is 5.26 Å². The number of hydrogen-bond donors (Lipinski definition) is 0. The number of allylic oxidation sites excluding steroid dienone is 1. The number of carbonyl (C=O) groups is 1. The number of carbonyl (C=O) groups excluding carboxylic acids is 1. The third kappa shape index (κ3) is 2.01. The summed E-state index contributed by atoms with van der Waals surface area (Å²) >= 11 is 0. The lowest BCUT2D eigenvalue weighted by Gasteiger charge is -2.32. The van der Waals surface area contributed by atoms with E-state index in [0.717, 1.165) is 17.7 Å². The first kappa shape index (κ1) is 13.7. The molecule has 1 aromatic carbocycles. The number of Topliss-reactive ketones (excluding diaryl/α,β-unsaturated/α-hetero) is 1. The van der Waals surface area contributed by atoms with Gasteiger partial charge in [0.1, 0.15) is 5.54 Å². The van der Waals surface area contributed by atoms with Gasteiger partial charge in [0.2, 0.25) is 0 Å². The zero-order valence-corrected chi connectivity index (χ0v) is 12.5. The molecular weight excluding hydrogens is 262 g/mol. The largest absolute Gasteiger partial charge is 0.294 e. The SMILES string of the molecule is CC1(C)CC(=O)C2=C(C1)N=NC2(C)c1ccccc1C#N. The van der Waals surface area contributed by atoms with Gasteiger partial charge in [-0.2, -0.15) is 15.5 Å². The molecule has 1 aliphatic heterocycles. The first-order chi connectivity index (χ1) is 9.87. The molecule has 4 heteroatoms. The average molecular weight is 279 g/mol. The third-order valence-electron chi connectivity index (χ3n) is 4.28. The van der Waals surface area contributed by atoms with Crippen LogP contribution in [0.4, 0.5) is 0 Å². The van der Waals surface area contributed by atoms with Crippen molar-refractivity contribution in [3.8, 4) is 6.07 Å². The number of nitrogens with zero attached hydrogens (tertiary/aromatic N) is 3. The predicted octanol–water partition coefficient (Wildman–Crippen LogP) is 3.88. The minimum absolute atomic E-state index is 0.0745. The quantitative estimate of drug-likeness (QED) is 0.782. The first-order valence-corrected chi connectivity index (χ1v) is 7.07. The molecule has 3 rings (SSSR count). The Morgan fingerprint density at radius 3 is 2.62 bits per heavy atom. The Morgan fingerprint density at radius 2 is 1.90 bits per heavy atom. The molecule has 0 aromatic heterocycles. The molecule has 106 valence electrons. The minimum atomic E-state index is -0.824. The molecule has 1 aliphatic carbocycles. The van der Waals surface area contributed by atoms with E-state index in [1.54, 1.807) is 6.07 Å². The van der Waals surface area contributed by atoms with Crippen molar-refractivity contribution in [3.05, 3.63) is 46.7 Å². The molecule has 21 heavy (non-hydrogen) atoms. The van der Waals surface area contributed by atoms with Crippen LogP contribution in [0.5, 0.6) is 0 Å². The maximum atomic E-state index is 12.6. The average Bonchev–Trinajstić information content (AvgIpc) is 2.75. The predicted molar refractivity (Wildman–Crippen MR) is 78.4 cm³/mol. The maximum absolute atomic E-state index is 12.6. The van der Waals surface area contributed by atoms with Crippen LogP contribution in [0.1, 0.15) is 44.7 Å². The number of rotatable bonds is 1. The molecule has 0 saturated carbocycles. The van der Waals surface area contributed by atoms with E-state index in [2.05, 4.69) is 30.1 Å². The van der Waals surface area contributed by atoms with Gasteiger partial charge in [-0.3, -0.25) is 4.79 Å². The van der Waals surface area contributed by atoms with Crippen LogP contribution in [0.25, 0.3) is 0 Å². The zero-order chi connectivity index (χ0) is 15.3. The summed E-state index contributed by atoms with van der Waals surface area (Å²) in [4.78, 5) is 12.6. The molecule has 4 nitrogen and oxygen atoms in total. The van der Waals surface area contributed by atoms with Gasteiger partial charge in [0.25, 0.3) is 0 Å². The third-order valence-corrected chi connectivity index (χ3v) is 4.28. The second-order valence-electron chi connectivity index (χ2n) is 6.69. The number of nitriles is 1. The molecule has 1 heterocycles. The lowest BCUT2D eigenvalue weighted by atomic mass is 9.70. The van der Waals surface area contributed by atoms with Gasteiger partial charge < -0.3 is 0 Å². The highest BCUT2D eigenvalue weighted by Crippen LogP contribution is 2.49. The standard InChI is InChI=1S/C17H17N3O/c1-16(2)8-13-15(14(21)9-16)17(3,20-19-13)12-7-5-4-6-11(12)10-18/h4-7H,8-9H2,1-3H3. The van der Waals surface area contributed by atoms with Crippen molar-refractivity contribution in [1.82, 2.24) is 0 Å². The number of azo groups is 1. The Kier molecular flexibility index (Phi) is 2.84. The molecule has 0 saturated heterocycles. The van der Waals surface area contributed by atoms with Gasteiger partial charge in [-0.1, -0.05) is 32.0 Å². The van der Waals surface area contributed by atoms with Gasteiger partial charge >= 0.3 is 0 Å². The van der Waals surface area contributed by atoms with E-state index >= 15 is 0 Å². The highest BCUT2D eigenvalue weighted by molar-refractivity contribution is 6.00. The van der Waals surface area contributed by atoms with E-state index in [4.69, 9.17) is 0 Å². The molecular formula is C17H17N3O. The van der Waals surface area contributed by atoms with Gasteiger partial charge in [-0.15, -0.1) is 0 Å². The van der Waals surface area contributed by atoms with Crippen LogP contribution in [0.15, 0.2) is 45.8 Å². The normalized spacial score (nSPS) is 26.7. The molecule has 0 spiro atoms. The summed E-state index contributed by atoms with van der Waals surface area (Å²) in [6.07, 6.45) is 1.25. The van der Waals surface area contributed by atoms with Gasteiger partial charge in [0.15, 0.2) is 5.78 Å². The minimum Gasteiger partial charge on any atom is -0.294 e. The number of ketones is 1. The van der Waals surface area contributed by atoms with Gasteiger partial charge in [-0.25, -0.2) is 0 Å². The summed E-state index contributed by atoms with van der Waals surface area (Å²) in [5.74, 6) is 0.0986. The Bertz CT molecular complexity index is 737. The highest BCUT2D eigenvalue weighted by Gasteiger charge is 2.47. The van der Waals surface area contributed by atoms with E-state index in [1.165, 1.54) is 0 Å². The Morgan fingerprint density at radius 1 is 1.19 bits per heavy atom. The molecule has 0 N–H and O–H groups in total. The summed E-state index contributed by atoms with van der Waals surface area (Å²) < 4.78 is 0. The lowest BCUT2D eigenvalue weighted by molar-refractivity contribution is -0.118. The molecule has 0 fully saturated rings. The van der Waals surface area contributed by atoms with Gasteiger partial charge in [0.05, 0.1) is 22.9 Å². The van der Waals surface area contributed by atoms with E-state index in [-0.39, 0.29) is 11.2 Å². The van der Waals surface area contributed by atoms with Crippen molar-refractivity contribution in [3.63, 3.8) is 0 Å².